The minimum atomic E-state index is -0.318. The van der Waals surface area contributed by atoms with Crippen molar-refractivity contribution < 1.29 is 19.2 Å². The van der Waals surface area contributed by atoms with E-state index in [9.17, 15) is 19.2 Å². The van der Waals surface area contributed by atoms with E-state index in [4.69, 9.17) is 0 Å². The third-order valence-corrected chi connectivity index (χ3v) is 6.68. The van der Waals surface area contributed by atoms with Crippen molar-refractivity contribution in [3.05, 3.63) is 70.3 Å². The SMILES string of the molecule is CCCCN1C(=O)c2ccc(C(=O)N(Cc3ccc(C(=O)NC4CC4)cc3)C3CC3)cc2C1=O. The van der Waals surface area contributed by atoms with Crippen LogP contribution in [0.5, 0.6) is 0 Å². The van der Waals surface area contributed by atoms with Crippen LogP contribution in [0.3, 0.4) is 0 Å². The Morgan fingerprint density at radius 1 is 0.941 bits per heavy atom. The van der Waals surface area contributed by atoms with E-state index < -0.39 is 0 Å². The van der Waals surface area contributed by atoms with E-state index in [1.165, 1.54) is 4.90 Å². The molecule has 7 heteroatoms. The molecule has 2 aromatic carbocycles. The van der Waals surface area contributed by atoms with Crippen LogP contribution in [0.25, 0.3) is 0 Å². The quantitative estimate of drug-likeness (QED) is 0.578. The summed E-state index contributed by atoms with van der Waals surface area (Å²) in [5, 5.41) is 2.98. The maximum absolute atomic E-state index is 13.4. The fraction of sp³-hybridized carbons (Fsp3) is 0.407. The van der Waals surface area contributed by atoms with Gasteiger partial charge in [-0.15, -0.1) is 0 Å². The van der Waals surface area contributed by atoms with Gasteiger partial charge >= 0.3 is 0 Å². The molecular weight excluding hydrogens is 430 g/mol. The third-order valence-electron chi connectivity index (χ3n) is 6.68. The summed E-state index contributed by atoms with van der Waals surface area (Å²) in [7, 11) is 0. The van der Waals surface area contributed by atoms with Gasteiger partial charge in [-0.05, 0) is 68.0 Å². The predicted octanol–water partition coefficient (Wildman–Crippen LogP) is 3.78. The standard InChI is InChI=1S/C27H29N3O4/c1-2-3-14-29-26(33)22-13-8-19(15-23(22)27(29)34)25(32)30(21-11-12-21)16-17-4-6-18(7-5-17)24(31)28-20-9-10-20/h4-8,13,15,20-21H,2-3,9-12,14,16H2,1H3,(H,28,31). The van der Waals surface area contributed by atoms with Crippen LogP contribution < -0.4 is 5.32 Å². The molecule has 0 atom stereocenters. The Morgan fingerprint density at radius 3 is 2.26 bits per heavy atom. The van der Waals surface area contributed by atoms with Gasteiger partial charge in [0.15, 0.2) is 0 Å². The maximum atomic E-state index is 13.4. The molecule has 5 rings (SSSR count). The summed E-state index contributed by atoms with van der Waals surface area (Å²) >= 11 is 0. The van der Waals surface area contributed by atoms with Crippen molar-refractivity contribution in [2.75, 3.05) is 6.54 Å². The Hall–Kier alpha value is -3.48. The average Bonchev–Trinajstić information content (AvgIpc) is 3.77. The highest BCUT2D eigenvalue weighted by molar-refractivity contribution is 6.22. The summed E-state index contributed by atoms with van der Waals surface area (Å²) in [6, 6.07) is 12.7. The lowest BCUT2D eigenvalue weighted by atomic mass is 10.0. The molecule has 0 aromatic heterocycles. The van der Waals surface area contributed by atoms with E-state index in [1.807, 2.05) is 24.0 Å². The van der Waals surface area contributed by atoms with Gasteiger partial charge in [0.1, 0.15) is 0 Å². The summed E-state index contributed by atoms with van der Waals surface area (Å²) in [4.78, 5) is 54.2. The van der Waals surface area contributed by atoms with Gasteiger partial charge in [-0.1, -0.05) is 25.5 Å². The highest BCUT2D eigenvalue weighted by Gasteiger charge is 2.37. The molecule has 0 spiro atoms. The first-order valence-corrected chi connectivity index (χ1v) is 12.2. The number of hydrogen-bond donors (Lipinski definition) is 1. The number of amides is 4. The zero-order chi connectivity index (χ0) is 23.8. The zero-order valence-electron chi connectivity index (χ0n) is 19.4. The third kappa shape index (κ3) is 4.47. The second-order valence-electron chi connectivity index (χ2n) is 9.48. The highest BCUT2D eigenvalue weighted by atomic mass is 16.2. The first-order chi connectivity index (χ1) is 16.5. The smallest absolute Gasteiger partial charge is 0.261 e. The molecule has 2 fully saturated rings. The van der Waals surface area contributed by atoms with Crippen LogP contribution in [0.1, 0.15) is 92.4 Å². The predicted molar refractivity (Wildman–Crippen MR) is 127 cm³/mol. The zero-order valence-corrected chi connectivity index (χ0v) is 19.4. The van der Waals surface area contributed by atoms with E-state index >= 15 is 0 Å². The van der Waals surface area contributed by atoms with Crippen molar-refractivity contribution in [3.8, 4) is 0 Å². The molecule has 0 unspecified atom stereocenters. The summed E-state index contributed by atoms with van der Waals surface area (Å²) in [5.74, 6) is -0.805. The molecule has 2 aliphatic carbocycles. The molecule has 0 saturated heterocycles. The number of rotatable bonds is 9. The highest BCUT2D eigenvalue weighted by Crippen LogP contribution is 2.31. The van der Waals surface area contributed by atoms with Gasteiger partial charge in [-0.3, -0.25) is 24.1 Å². The van der Waals surface area contributed by atoms with Crippen LogP contribution in [0.15, 0.2) is 42.5 Å². The number of fused-ring (bicyclic) bond motifs is 1. The molecule has 4 amide bonds. The van der Waals surface area contributed by atoms with Crippen LogP contribution in [0, 0.1) is 0 Å². The van der Waals surface area contributed by atoms with Gasteiger partial charge in [-0.25, -0.2) is 0 Å². The van der Waals surface area contributed by atoms with E-state index in [1.54, 1.807) is 30.3 Å². The minimum Gasteiger partial charge on any atom is -0.349 e. The average molecular weight is 460 g/mol. The monoisotopic (exact) mass is 459 g/mol. The first-order valence-electron chi connectivity index (χ1n) is 12.2. The molecule has 3 aliphatic rings. The Morgan fingerprint density at radius 2 is 1.62 bits per heavy atom. The van der Waals surface area contributed by atoms with Crippen molar-refractivity contribution in [2.45, 2.75) is 64.1 Å². The Labute approximate surface area is 199 Å². The molecule has 2 aromatic rings. The molecule has 0 radical (unpaired) electrons. The molecule has 1 N–H and O–H groups in total. The van der Waals surface area contributed by atoms with Gasteiger partial charge in [0.2, 0.25) is 0 Å². The normalized spacial score (nSPS) is 17.0. The fourth-order valence-electron chi connectivity index (χ4n) is 4.32. The maximum Gasteiger partial charge on any atom is 0.261 e. The summed E-state index contributed by atoms with van der Waals surface area (Å²) in [5.41, 5.74) is 2.67. The number of carbonyl (C=O) groups excluding carboxylic acids is 4. The van der Waals surface area contributed by atoms with Gasteiger partial charge in [0.05, 0.1) is 11.1 Å². The number of nitrogens with zero attached hydrogens (tertiary/aromatic N) is 2. The Bertz CT molecular complexity index is 1150. The lowest BCUT2D eigenvalue weighted by molar-refractivity contribution is 0.0651. The van der Waals surface area contributed by atoms with E-state index in [-0.39, 0.29) is 29.7 Å². The van der Waals surface area contributed by atoms with Gasteiger partial charge < -0.3 is 10.2 Å². The summed E-state index contributed by atoms with van der Waals surface area (Å²) < 4.78 is 0. The van der Waals surface area contributed by atoms with E-state index in [0.717, 1.165) is 44.1 Å². The second-order valence-corrected chi connectivity index (χ2v) is 9.48. The van der Waals surface area contributed by atoms with E-state index in [2.05, 4.69) is 5.32 Å². The Balaban J connectivity index is 1.31. The first kappa shape index (κ1) is 22.3. The molecular formula is C27H29N3O4. The molecule has 1 heterocycles. The van der Waals surface area contributed by atoms with Crippen LogP contribution in [-0.2, 0) is 6.54 Å². The summed E-state index contributed by atoms with van der Waals surface area (Å²) in [6.07, 6.45) is 5.62. The van der Waals surface area contributed by atoms with Crippen LogP contribution in [0.2, 0.25) is 0 Å². The second kappa shape index (κ2) is 9.05. The fourth-order valence-corrected chi connectivity index (χ4v) is 4.32. The van der Waals surface area contributed by atoms with Crippen LogP contribution in [-0.4, -0.2) is 52.1 Å². The van der Waals surface area contributed by atoms with E-state index in [0.29, 0.717) is 41.4 Å². The number of unbranched alkanes of at least 4 members (excludes halogenated alkanes) is 1. The van der Waals surface area contributed by atoms with Crippen molar-refractivity contribution in [1.29, 1.82) is 0 Å². The molecule has 2 saturated carbocycles. The lowest BCUT2D eigenvalue weighted by Crippen LogP contribution is -2.33. The van der Waals surface area contributed by atoms with Gasteiger partial charge in [-0.2, -0.15) is 0 Å². The van der Waals surface area contributed by atoms with Gasteiger partial charge in [0, 0.05) is 36.3 Å². The molecule has 0 bridgehead atoms. The molecule has 1 aliphatic heterocycles. The van der Waals surface area contributed by atoms with Crippen molar-refractivity contribution in [3.63, 3.8) is 0 Å². The number of hydrogen-bond acceptors (Lipinski definition) is 4. The number of benzene rings is 2. The van der Waals surface area contributed by atoms with Crippen molar-refractivity contribution in [2.24, 2.45) is 0 Å². The lowest BCUT2D eigenvalue weighted by Gasteiger charge is -2.23. The number of nitrogens with one attached hydrogen (secondary N) is 1. The van der Waals surface area contributed by atoms with Crippen LogP contribution >= 0.6 is 0 Å². The number of carbonyl (C=O) groups is 4. The molecule has 7 nitrogen and oxygen atoms in total. The van der Waals surface area contributed by atoms with Crippen molar-refractivity contribution in [1.82, 2.24) is 15.1 Å². The molecule has 176 valence electrons. The van der Waals surface area contributed by atoms with Gasteiger partial charge in [0.25, 0.3) is 23.6 Å². The Kier molecular flexibility index (Phi) is 5.94. The summed E-state index contributed by atoms with van der Waals surface area (Å²) in [6.45, 7) is 2.84. The largest absolute Gasteiger partial charge is 0.349 e. The van der Waals surface area contributed by atoms with Crippen molar-refractivity contribution >= 4 is 23.6 Å². The van der Waals surface area contributed by atoms with Crippen LogP contribution in [0.4, 0.5) is 0 Å². The minimum absolute atomic E-state index is 0.0606. The molecule has 34 heavy (non-hydrogen) atoms. The number of imide groups is 1. The topological polar surface area (TPSA) is 86.8 Å².